The summed E-state index contributed by atoms with van der Waals surface area (Å²) in [6.45, 7) is 0.821. The predicted octanol–water partition coefficient (Wildman–Crippen LogP) is 3.14. The molecule has 1 atom stereocenters. The van der Waals surface area contributed by atoms with Crippen molar-refractivity contribution in [3.8, 4) is 0 Å². The predicted molar refractivity (Wildman–Crippen MR) is 56.1 cm³/mol. The minimum Gasteiger partial charge on any atom is -0.314 e. The maximum atomic E-state index is 13.3. The van der Waals surface area contributed by atoms with Gasteiger partial charge in [0.05, 0.1) is 5.56 Å². The molecule has 94 valence electrons. The molecule has 1 unspecified atom stereocenters. The Bertz CT molecular complexity index is 394. The summed E-state index contributed by atoms with van der Waals surface area (Å²) in [5.74, 6) is -1.19. The molecule has 1 fully saturated rings. The summed E-state index contributed by atoms with van der Waals surface area (Å²) in [6, 6.07) is 3.56. The molecule has 0 saturated carbocycles. The highest BCUT2D eigenvalue weighted by atomic mass is 19.4. The number of nitrogens with one attached hydrogen (secondary N) is 1. The minimum absolute atomic E-state index is 0.0258. The summed E-state index contributed by atoms with van der Waals surface area (Å²) in [5.41, 5.74) is -1.08. The van der Waals surface area contributed by atoms with E-state index in [1.165, 1.54) is 12.1 Å². The zero-order valence-electron chi connectivity index (χ0n) is 9.15. The maximum Gasteiger partial charge on any atom is 0.419 e. The van der Waals surface area contributed by atoms with Crippen molar-refractivity contribution in [3.63, 3.8) is 0 Å². The first-order valence-corrected chi connectivity index (χ1v) is 5.56. The van der Waals surface area contributed by atoms with Crippen LogP contribution in [0.3, 0.4) is 0 Å². The molecule has 1 aromatic rings. The van der Waals surface area contributed by atoms with Gasteiger partial charge in [0.15, 0.2) is 0 Å². The summed E-state index contributed by atoms with van der Waals surface area (Å²) >= 11 is 0. The number of alkyl halides is 3. The number of rotatable bonds is 2. The molecule has 2 rings (SSSR count). The van der Waals surface area contributed by atoms with Crippen molar-refractivity contribution in [1.82, 2.24) is 5.32 Å². The number of benzene rings is 1. The first-order chi connectivity index (χ1) is 7.98. The van der Waals surface area contributed by atoms with Crippen molar-refractivity contribution in [3.05, 3.63) is 35.1 Å². The molecule has 1 aliphatic heterocycles. The molecular formula is C12H13F4N. The number of halogens is 4. The third-order valence-electron chi connectivity index (χ3n) is 3.01. The van der Waals surface area contributed by atoms with E-state index >= 15 is 0 Å². The Morgan fingerprint density at radius 3 is 2.65 bits per heavy atom. The Hall–Kier alpha value is -1.10. The summed E-state index contributed by atoms with van der Waals surface area (Å²) in [4.78, 5) is 0. The molecule has 0 radical (unpaired) electrons. The van der Waals surface area contributed by atoms with Crippen LogP contribution in [0.2, 0.25) is 0 Å². The average molecular weight is 247 g/mol. The highest BCUT2D eigenvalue weighted by molar-refractivity contribution is 5.32. The monoisotopic (exact) mass is 247 g/mol. The minimum atomic E-state index is -4.63. The van der Waals surface area contributed by atoms with E-state index in [1.807, 2.05) is 0 Å². The van der Waals surface area contributed by atoms with Gasteiger partial charge in [-0.1, -0.05) is 12.1 Å². The van der Waals surface area contributed by atoms with Crippen molar-refractivity contribution in [2.75, 3.05) is 6.54 Å². The third-order valence-corrected chi connectivity index (χ3v) is 3.01. The molecule has 0 aliphatic carbocycles. The van der Waals surface area contributed by atoms with E-state index in [0.29, 0.717) is 0 Å². The van der Waals surface area contributed by atoms with Crippen LogP contribution in [-0.4, -0.2) is 12.6 Å². The van der Waals surface area contributed by atoms with Crippen LogP contribution >= 0.6 is 0 Å². The lowest BCUT2D eigenvalue weighted by molar-refractivity contribution is -0.140. The van der Waals surface area contributed by atoms with Crippen molar-refractivity contribution < 1.29 is 17.6 Å². The topological polar surface area (TPSA) is 12.0 Å². The van der Waals surface area contributed by atoms with Gasteiger partial charge in [-0.25, -0.2) is 4.39 Å². The van der Waals surface area contributed by atoms with Crippen LogP contribution in [0.25, 0.3) is 0 Å². The molecule has 0 aromatic heterocycles. The highest BCUT2D eigenvalue weighted by Crippen LogP contribution is 2.34. The molecule has 1 aromatic carbocycles. The van der Waals surface area contributed by atoms with Gasteiger partial charge in [0.2, 0.25) is 0 Å². The number of hydrogen-bond acceptors (Lipinski definition) is 1. The van der Waals surface area contributed by atoms with Crippen molar-refractivity contribution in [1.29, 1.82) is 0 Å². The van der Waals surface area contributed by atoms with Crippen LogP contribution in [0.15, 0.2) is 18.2 Å². The van der Waals surface area contributed by atoms with Gasteiger partial charge < -0.3 is 5.32 Å². The second-order valence-electron chi connectivity index (χ2n) is 4.27. The number of hydrogen-bond donors (Lipinski definition) is 1. The Labute approximate surface area is 96.8 Å². The van der Waals surface area contributed by atoms with E-state index in [9.17, 15) is 17.6 Å². The molecule has 1 saturated heterocycles. The Kier molecular flexibility index (Phi) is 3.38. The van der Waals surface area contributed by atoms with Gasteiger partial charge in [-0.2, -0.15) is 13.2 Å². The van der Waals surface area contributed by atoms with Gasteiger partial charge in [0.1, 0.15) is 5.82 Å². The molecule has 1 heterocycles. The zero-order valence-corrected chi connectivity index (χ0v) is 9.15. The van der Waals surface area contributed by atoms with Crippen LogP contribution in [0.1, 0.15) is 24.0 Å². The molecule has 1 nitrogen and oxygen atoms in total. The first-order valence-electron chi connectivity index (χ1n) is 5.56. The van der Waals surface area contributed by atoms with Gasteiger partial charge in [0.25, 0.3) is 0 Å². The van der Waals surface area contributed by atoms with Crippen LogP contribution in [0.4, 0.5) is 17.6 Å². The largest absolute Gasteiger partial charge is 0.419 e. The standard InChI is InChI=1S/C12H13F4N/c13-10-5-1-3-8(11(10)12(14,15)16)7-9-4-2-6-17-9/h1,3,5,9,17H,2,4,6-7H2. The smallest absolute Gasteiger partial charge is 0.314 e. The highest BCUT2D eigenvalue weighted by Gasteiger charge is 2.37. The lowest BCUT2D eigenvalue weighted by atomic mass is 9.98. The summed E-state index contributed by atoms with van der Waals surface area (Å²) in [5, 5.41) is 3.11. The second kappa shape index (κ2) is 4.64. The van der Waals surface area contributed by atoms with Crippen LogP contribution in [0.5, 0.6) is 0 Å². The van der Waals surface area contributed by atoms with E-state index in [-0.39, 0.29) is 18.0 Å². The molecular weight excluding hydrogens is 234 g/mol. The summed E-state index contributed by atoms with van der Waals surface area (Å²) < 4.78 is 51.4. The Morgan fingerprint density at radius 2 is 2.06 bits per heavy atom. The lowest BCUT2D eigenvalue weighted by Gasteiger charge is -2.16. The van der Waals surface area contributed by atoms with Crippen molar-refractivity contribution >= 4 is 0 Å². The molecule has 0 spiro atoms. The molecule has 17 heavy (non-hydrogen) atoms. The van der Waals surface area contributed by atoms with Gasteiger partial charge in [-0.3, -0.25) is 0 Å². The molecule has 5 heteroatoms. The van der Waals surface area contributed by atoms with Gasteiger partial charge in [0, 0.05) is 6.04 Å². The summed E-state index contributed by atoms with van der Waals surface area (Å²) in [7, 11) is 0. The van der Waals surface area contributed by atoms with Crippen LogP contribution in [-0.2, 0) is 12.6 Å². The summed E-state index contributed by atoms with van der Waals surface area (Å²) in [6.07, 6.45) is -2.60. The lowest BCUT2D eigenvalue weighted by Crippen LogP contribution is -2.25. The average Bonchev–Trinajstić information content (AvgIpc) is 2.68. The van der Waals surface area contributed by atoms with E-state index in [0.717, 1.165) is 25.5 Å². The fourth-order valence-corrected chi connectivity index (χ4v) is 2.25. The van der Waals surface area contributed by atoms with E-state index in [2.05, 4.69) is 5.32 Å². The SMILES string of the molecule is Fc1cccc(CC2CCCN2)c1C(F)(F)F. The van der Waals surface area contributed by atoms with E-state index in [4.69, 9.17) is 0 Å². The Morgan fingerprint density at radius 1 is 1.29 bits per heavy atom. The first kappa shape index (κ1) is 12.4. The van der Waals surface area contributed by atoms with E-state index in [1.54, 1.807) is 0 Å². The van der Waals surface area contributed by atoms with Crippen LogP contribution < -0.4 is 5.32 Å². The van der Waals surface area contributed by atoms with Gasteiger partial charge in [-0.05, 0) is 37.4 Å². The quantitative estimate of drug-likeness (QED) is 0.792. The molecule has 1 N–H and O–H groups in total. The van der Waals surface area contributed by atoms with Crippen molar-refractivity contribution in [2.24, 2.45) is 0 Å². The maximum absolute atomic E-state index is 13.3. The molecule has 1 aliphatic rings. The fraction of sp³-hybridized carbons (Fsp3) is 0.500. The van der Waals surface area contributed by atoms with Gasteiger partial charge >= 0.3 is 6.18 Å². The Balaban J connectivity index is 2.29. The fourth-order valence-electron chi connectivity index (χ4n) is 2.25. The molecule has 0 bridgehead atoms. The van der Waals surface area contributed by atoms with Crippen LogP contribution in [0, 0.1) is 5.82 Å². The molecule has 0 amide bonds. The van der Waals surface area contributed by atoms with Gasteiger partial charge in [-0.15, -0.1) is 0 Å². The van der Waals surface area contributed by atoms with Crippen molar-refractivity contribution in [2.45, 2.75) is 31.5 Å². The zero-order chi connectivity index (χ0) is 12.5. The van der Waals surface area contributed by atoms with E-state index < -0.39 is 17.6 Å². The third kappa shape index (κ3) is 2.77. The normalized spacial score (nSPS) is 20.8. The second-order valence-corrected chi connectivity index (χ2v) is 4.27.